The van der Waals surface area contributed by atoms with Crippen LogP contribution >= 0.6 is 11.3 Å². The number of thiazole rings is 1. The van der Waals surface area contributed by atoms with Crippen LogP contribution in [0.4, 0.5) is 10.8 Å². The van der Waals surface area contributed by atoms with E-state index in [9.17, 15) is 9.59 Å². The lowest BCUT2D eigenvalue weighted by Crippen LogP contribution is -2.36. The highest BCUT2D eigenvalue weighted by Crippen LogP contribution is 2.31. The van der Waals surface area contributed by atoms with Gasteiger partial charge in [0.1, 0.15) is 0 Å². The Morgan fingerprint density at radius 2 is 1.90 bits per heavy atom. The van der Waals surface area contributed by atoms with Crippen LogP contribution in [0.5, 0.6) is 0 Å². The summed E-state index contributed by atoms with van der Waals surface area (Å²) < 4.78 is 6.46. The number of ether oxygens (including phenoxy) is 1. The van der Waals surface area contributed by atoms with Crippen LogP contribution in [0.3, 0.4) is 0 Å². The summed E-state index contributed by atoms with van der Waals surface area (Å²) in [5.41, 5.74) is 1.71. The molecule has 2 heterocycles. The Bertz CT molecular complexity index is 842. The summed E-state index contributed by atoms with van der Waals surface area (Å²) in [6.45, 7) is 8.91. The quantitative estimate of drug-likeness (QED) is 0.616. The van der Waals surface area contributed by atoms with Crippen molar-refractivity contribution in [2.45, 2.75) is 46.0 Å². The maximum atomic E-state index is 12.3. The van der Waals surface area contributed by atoms with Crippen molar-refractivity contribution in [2.24, 2.45) is 0 Å². The van der Waals surface area contributed by atoms with Crippen molar-refractivity contribution < 1.29 is 14.3 Å². The number of nitrogens with one attached hydrogen (secondary N) is 1. The second kappa shape index (κ2) is 11.3. The predicted molar refractivity (Wildman–Crippen MR) is 122 cm³/mol. The summed E-state index contributed by atoms with van der Waals surface area (Å²) in [5.74, 6) is 0.0887. The minimum atomic E-state index is -0.0578. The van der Waals surface area contributed by atoms with Crippen LogP contribution in [0.2, 0.25) is 0 Å². The summed E-state index contributed by atoms with van der Waals surface area (Å²) >= 11 is 1.64. The number of carbonyl (C=O) groups excluding carboxylic acids is 2. The van der Waals surface area contributed by atoms with Crippen molar-refractivity contribution in [3.05, 3.63) is 18.2 Å². The van der Waals surface area contributed by atoms with E-state index in [0.29, 0.717) is 19.3 Å². The topological polar surface area (TPSA) is 74.8 Å². The molecule has 3 rings (SSSR count). The molecular weight excluding hydrogens is 400 g/mol. The van der Waals surface area contributed by atoms with Crippen LogP contribution in [-0.2, 0) is 14.3 Å². The van der Waals surface area contributed by atoms with Gasteiger partial charge < -0.3 is 19.9 Å². The molecule has 0 bridgehead atoms. The number of rotatable bonds is 10. The molecule has 1 saturated heterocycles. The number of fused-ring (bicyclic) bond motifs is 1. The van der Waals surface area contributed by atoms with Gasteiger partial charge in [-0.15, -0.1) is 0 Å². The largest absolute Gasteiger partial charge is 0.378 e. The summed E-state index contributed by atoms with van der Waals surface area (Å²) in [5, 5.41) is 3.96. The Labute approximate surface area is 182 Å². The summed E-state index contributed by atoms with van der Waals surface area (Å²) in [6.07, 6.45) is 3.25. The van der Waals surface area contributed by atoms with E-state index < -0.39 is 0 Å². The summed E-state index contributed by atoms with van der Waals surface area (Å²) in [7, 11) is 0. The molecule has 1 aromatic carbocycles. The molecule has 1 N–H and O–H groups in total. The van der Waals surface area contributed by atoms with E-state index in [4.69, 9.17) is 9.72 Å². The first kappa shape index (κ1) is 22.5. The van der Waals surface area contributed by atoms with Crippen molar-refractivity contribution in [1.29, 1.82) is 0 Å². The minimum Gasteiger partial charge on any atom is -0.378 e. The van der Waals surface area contributed by atoms with Crippen LogP contribution in [0.25, 0.3) is 10.2 Å². The maximum Gasteiger partial charge on any atom is 0.224 e. The number of aromatic nitrogens is 1. The second-order valence-corrected chi connectivity index (χ2v) is 8.57. The molecule has 0 spiro atoms. The number of benzene rings is 1. The Kier molecular flexibility index (Phi) is 8.45. The molecule has 1 aliphatic heterocycles. The van der Waals surface area contributed by atoms with Gasteiger partial charge in [-0.3, -0.25) is 9.59 Å². The van der Waals surface area contributed by atoms with E-state index in [1.807, 2.05) is 23.1 Å². The van der Waals surface area contributed by atoms with Gasteiger partial charge in [-0.2, -0.15) is 0 Å². The molecule has 0 unspecified atom stereocenters. The molecule has 7 nitrogen and oxygen atoms in total. The third kappa shape index (κ3) is 6.15. The molecule has 1 aromatic heterocycles. The van der Waals surface area contributed by atoms with Crippen LogP contribution < -0.4 is 10.2 Å². The predicted octanol–water partition coefficient (Wildman–Crippen LogP) is 3.89. The fourth-order valence-corrected chi connectivity index (χ4v) is 4.62. The smallest absolute Gasteiger partial charge is 0.224 e. The van der Waals surface area contributed by atoms with E-state index in [2.05, 4.69) is 24.1 Å². The van der Waals surface area contributed by atoms with Crippen LogP contribution in [0, 0.1) is 0 Å². The lowest BCUT2D eigenvalue weighted by molar-refractivity contribution is -0.131. The van der Waals surface area contributed by atoms with E-state index in [1.165, 1.54) is 0 Å². The molecule has 0 aliphatic carbocycles. The van der Waals surface area contributed by atoms with Crippen molar-refractivity contribution in [2.75, 3.05) is 49.6 Å². The second-order valence-electron chi connectivity index (χ2n) is 7.56. The first-order valence-corrected chi connectivity index (χ1v) is 11.7. The minimum absolute atomic E-state index is 0.0578. The van der Waals surface area contributed by atoms with E-state index in [-0.39, 0.29) is 11.8 Å². The number of amides is 2. The lowest BCUT2D eigenvalue weighted by atomic mass is 10.2. The summed E-state index contributed by atoms with van der Waals surface area (Å²) in [6, 6.07) is 5.81. The summed E-state index contributed by atoms with van der Waals surface area (Å²) in [4.78, 5) is 33.5. The number of morpholine rings is 1. The van der Waals surface area contributed by atoms with E-state index in [0.717, 1.165) is 73.3 Å². The molecule has 0 radical (unpaired) electrons. The van der Waals surface area contributed by atoms with Crippen molar-refractivity contribution in [3.63, 3.8) is 0 Å². The number of nitrogens with zero attached hydrogens (tertiary/aromatic N) is 3. The Morgan fingerprint density at radius 1 is 1.17 bits per heavy atom. The molecule has 0 atom stereocenters. The maximum absolute atomic E-state index is 12.3. The number of hydrogen-bond donors (Lipinski definition) is 1. The average molecular weight is 433 g/mol. The fourth-order valence-electron chi connectivity index (χ4n) is 3.56. The molecule has 2 amide bonds. The van der Waals surface area contributed by atoms with Gasteiger partial charge in [0.15, 0.2) is 5.13 Å². The Morgan fingerprint density at radius 3 is 2.60 bits per heavy atom. The highest BCUT2D eigenvalue weighted by Gasteiger charge is 2.16. The highest BCUT2D eigenvalue weighted by molar-refractivity contribution is 7.22. The number of hydrogen-bond acceptors (Lipinski definition) is 6. The molecular formula is C22H32N4O3S. The Balaban J connectivity index is 1.50. The molecule has 164 valence electrons. The molecule has 0 saturated carbocycles. The molecule has 30 heavy (non-hydrogen) atoms. The van der Waals surface area contributed by atoms with Gasteiger partial charge in [-0.05, 0) is 37.5 Å². The van der Waals surface area contributed by atoms with E-state index >= 15 is 0 Å². The SMILES string of the molecule is CCCN(CCC)C(=O)CCCC(=O)Nc1ccc2nc(N3CCOCC3)sc2c1. The Hall–Kier alpha value is -2.19. The first-order chi connectivity index (χ1) is 14.6. The normalized spacial score (nSPS) is 14.1. The fraction of sp³-hybridized carbons (Fsp3) is 0.591. The van der Waals surface area contributed by atoms with Crippen LogP contribution in [0.1, 0.15) is 46.0 Å². The van der Waals surface area contributed by atoms with Crippen molar-refractivity contribution >= 4 is 44.2 Å². The zero-order valence-corrected chi connectivity index (χ0v) is 18.8. The van der Waals surface area contributed by atoms with Crippen molar-refractivity contribution in [3.8, 4) is 0 Å². The number of anilines is 2. The van der Waals surface area contributed by atoms with Gasteiger partial charge in [0.25, 0.3) is 0 Å². The third-order valence-electron chi connectivity index (χ3n) is 5.08. The average Bonchev–Trinajstić information content (AvgIpc) is 3.17. The van der Waals surface area contributed by atoms with Gasteiger partial charge in [0.2, 0.25) is 11.8 Å². The first-order valence-electron chi connectivity index (χ1n) is 10.9. The monoisotopic (exact) mass is 432 g/mol. The molecule has 2 aromatic rings. The zero-order chi connectivity index (χ0) is 21.3. The lowest BCUT2D eigenvalue weighted by Gasteiger charge is -2.25. The molecule has 1 aliphatic rings. The van der Waals surface area contributed by atoms with Crippen LogP contribution in [-0.4, -0.2) is 61.1 Å². The zero-order valence-electron chi connectivity index (χ0n) is 18.0. The highest BCUT2D eigenvalue weighted by atomic mass is 32.1. The van der Waals surface area contributed by atoms with Crippen molar-refractivity contribution in [1.82, 2.24) is 9.88 Å². The molecule has 1 fully saturated rings. The standard InChI is InChI=1S/C22H32N4O3S/c1-3-10-25(11-4-2)21(28)7-5-6-20(27)23-17-8-9-18-19(16-17)30-22(24-18)26-12-14-29-15-13-26/h8-9,16H,3-7,10-15H2,1-2H3,(H,23,27). The van der Waals surface area contributed by atoms with Gasteiger partial charge in [0, 0.05) is 44.7 Å². The van der Waals surface area contributed by atoms with Gasteiger partial charge >= 0.3 is 0 Å². The van der Waals surface area contributed by atoms with Gasteiger partial charge in [0.05, 0.1) is 23.4 Å². The van der Waals surface area contributed by atoms with E-state index in [1.54, 1.807) is 11.3 Å². The van der Waals surface area contributed by atoms with Crippen LogP contribution in [0.15, 0.2) is 18.2 Å². The van der Waals surface area contributed by atoms with Gasteiger partial charge in [-0.1, -0.05) is 25.2 Å². The van der Waals surface area contributed by atoms with Gasteiger partial charge in [-0.25, -0.2) is 4.98 Å². The third-order valence-corrected chi connectivity index (χ3v) is 6.16. The number of carbonyl (C=O) groups is 2. The molecule has 8 heteroatoms.